The highest BCUT2D eigenvalue weighted by molar-refractivity contribution is 7.99. The molecule has 0 atom stereocenters. The second-order valence-electron chi connectivity index (χ2n) is 9.33. The number of carbonyl (C=O) groups is 1. The van der Waals surface area contributed by atoms with Crippen LogP contribution in [0, 0.1) is 5.82 Å². The summed E-state index contributed by atoms with van der Waals surface area (Å²) >= 11 is 1.64. The number of halogens is 1. The second-order valence-corrected chi connectivity index (χ2v) is 10.4. The van der Waals surface area contributed by atoms with Gasteiger partial charge in [0.15, 0.2) is 11.0 Å². The third kappa shape index (κ3) is 6.42. The van der Waals surface area contributed by atoms with Gasteiger partial charge in [-0.1, -0.05) is 54.2 Å². The molecule has 202 valence electrons. The first-order valence-electron chi connectivity index (χ1n) is 13.2. The van der Waals surface area contributed by atoms with E-state index in [0.717, 1.165) is 46.6 Å². The molecule has 39 heavy (non-hydrogen) atoms. The highest BCUT2D eigenvalue weighted by Crippen LogP contribution is 2.29. The molecule has 3 aromatic carbocycles. The van der Waals surface area contributed by atoms with Gasteiger partial charge in [0.05, 0.1) is 12.8 Å². The number of hydrogen-bond donors (Lipinski definition) is 0. The first kappa shape index (κ1) is 26.7. The SMILES string of the molecule is COc1ccc(-n2c(SCCCCC(=O)N3CCN(c4ccccc4F)CC3)nnc2-c2ccccc2)cc1. The maximum atomic E-state index is 14.1. The molecule has 0 radical (unpaired) electrons. The van der Waals surface area contributed by atoms with Crippen LogP contribution in [0.4, 0.5) is 10.1 Å². The zero-order chi connectivity index (χ0) is 27.0. The van der Waals surface area contributed by atoms with Gasteiger partial charge in [-0.15, -0.1) is 10.2 Å². The van der Waals surface area contributed by atoms with Crippen molar-refractivity contribution in [3.05, 3.63) is 84.7 Å². The van der Waals surface area contributed by atoms with E-state index in [1.807, 2.05) is 70.5 Å². The third-order valence-electron chi connectivity index (χ3n) is 6.84. The van der Waals surface area contributed by atoms with Crippen molar-refractivity contribution >= 4 is 23.4 Å². The number of para-hydroxylation sites is 1. The van der Waals surface area contributed by atoms with Crippen LogP contribution in [0.25, 0.3) is 17.1 Å². The first-order valence-corrected chi connectivity index (χ1v) is 14.2. The van der Waals surface area contributed by atoms with E-state index in [1.165, 1.54) is 6.07 Å². The standard InChI is InChI=1S/C30H32FN5O2S/c1-38-25-16-14-24(15-17-25)36-29(23-9-3-2-4-10-23)32-33-30(36)39-22-8-7-13-28(37)35-20-18-34(19-21-35)27-12-6-5-11-26(27)31/h2-6,9-12,14-17H,7-8,13,18-22H2,1H3. The Hall–Kier alpha value is -3.85. The minimum Gasteiger partial charge on any atom is -0.497 e. The summed E-state index contributed by atoms with van der Waals surface area (Å²) in [6.45, 7) is 2.53. The number of thioether (sulfide) groups is 1. The number of piperazine rings is 1. The lowest BCUT2D eigenvalue weighted by Crippen LogP contribution is -2.49. The summed E-state index contributed by atoms with van der Waals surface area (Å²) in [6, 6.07) is 24.7. The van der Waals surface area contributed by atoms with Crippen LogP contribution in [0.2, 0.25) is 0 Å². The van der Waals surface area contributed by atoms with E-state index in [1.54, 1.807) is 31.0 Å². The summed E-state index contributed by atoms with van der Waals surface area (Å²) < 4.78 is 21.5. The molecule has 5 rings (SSSR count). The minimum absolute atomic E-state index is 0.168. The van der Waals surface area contributed by atoms with Gasteiger partial charge in [0.1, 0.15) is 11.6 Å². The number of ether oxygens (including phenoxy) is 1. The average Bonchev–Trinajstić information content (AvgIpc) is 3.41. The molecule has 0 unspecified atom stereocenters. The van der Waals surface area contributed by atoms with Crippen LogP contribution in [0.5, 0.6) is 5.75 Å². The van der Waals surface area contributed by atoms with Crippen molar-refractivity contribution in [1.29, 1.82) is 0 Å². The molecule has 4 aromatic rings. The van der Waals surface area contributed by atoms with Crippen LogP contribution in [-0.2, 0) is 4.79 Å². The summed E-state index contributed by atoms with van der Waals surface area (Å²) in [5, 5.41) is 9.81. The van der Waals surface area contributed by atoms with Crippen molar-refractivity contribution in [2.45, 2.75) is 24.4 Å². The monoisotopic (exact) mass is 545 g/mol. The summed E-state index contributed by atoms with van der Waals surface area (Å²) in [6.07, 6.45) is 2.21. The molecule has 0 N–H and O–H groups in total. The Morgan fingerprint density at radius 3 is 2.33 bits per heavy atom. The van der Waals surface area contributed by atoms with Gasteiger partial charge in [-0.2, -0.15) is 0 Å². The van der Waals surface area contributed by atoms with E-state index in [0.29, 0.717) is 38.3 Å². The molecule has 1 aliphatic rings. The van der Waals surface area contributed by atoms with E-state index < -0.39 is 0 Å². The number of benzene rings is 3. The highest BCUT2D eigenvalue weighted by atomic mass is 32.2. The van der Waals surface area contributed by atoms with Gasteiger partial charge in [-0.05, 0) is 49.2 Å². The molecule has 1 fully saturated rings. The number of amides is 1. The predicted molar refractivity (Wildman–Crippen MR) is 153 cm³/mol. The predicted octanol–water partition coefficient (Wildman–Crippen LogP) is 5.69. The molecule has 1 saturated heterocycles. The van der Waals surface area contributed by atoms with Crippen LogP contribution in [0.3, 0.4) is 0 Å². The van der Waals surface area contributed by atoms with Gasteiger partial charge in [-0.3, -0.25) is 9.36 Å². The molecule has 7 nitrogen and oxygen atoms in total. The Balaban J connectivity index is 1.14. The van der Waals surface area contributed by atoms with Crippen LogP contribution < -0.4 is 9.64 Å². The van der Waals surface area contributed by atoms with Gasteiger partial charge in [-0.25, -0.2) is 4.39 Å². The lowest BCUT2D eigenvalue weighted by molar-refractivity contribution is -0.131. The number of methoxy groups -OCH3 is 1. The summed E-state index contributed by atoms with van der Waals surface area (Å²) in [5.41, 5.74) is 2.57. The molecule has 1 amide bonds. The molecular formula is C30H32FN5O2S. The van der Waals surface area contributed by atoms with E-state index in [4.69, 9.17) is 4.74 Å². The second kappa shape index (κ2) is 12.8. The number of nitrogens with zero attached hydrogens (tertiary/aromatic N) is 5. The molecule has 0 saturated carbocycles. The largest absolute Gasteiger partial charge is 0.497 e. The quantitative estimate of drug-likeness (QED) is 0.188. The molecule has 2 heterocycles. The minimum atomic E-state index is -0.214. The highest BCUT2D eigenvalue weighted by Gasteiger charge is 2.22. The molecule has 0 spiro atoms. The van der Waals surface area contributed by atoms with Crippen LogP contribution in [0.1, 0.15) is 19.3 Å². The zero-order valence-corrected chi connectivity index (χ0v) is 22.8. The van der Waals surface area contributed by atoms with E-state index in [9.17, 15) is 9.18 Å². The topological polar surface area (TPSA) is 63.5 Å². The van der Waals surface area contributed by atoms with Gasteiger partial charge in [0, 0.05) is 49.6 Å². The van der Waals surface area contributed by atoms with E-state index >= 15 is 0 Å². The zero-order valence-electron chi connectivity index (χ0n) is 22.0. The normalized spacial score (nSPS) is 13.5. The summed E-state index contributed by atoms with van der Waals surface area (Å²) in [7, 11) is 1.65. The smallest absolute Gasteiger partial charge is 0.222 e. The third-order valence-corrected chi connectivity index (χ3v) is 7.85. The number of anilines is 1. The van der Waals surface area contributed by atoms with Crippen molar-refractivity contribution in [3.63, 3.8) is 0 Å². The Morgan fingerprint density at radius 1 is 0.897 bits per heavy atom. The number of aromatic nitrogens is 3. The maximum absolute atomic E-state index is 14.1. The van der Waals surface area contributed by atoms with E-state index in [2.05, 4.69) is 14.8 Å². The number of unbranched alkanes of at least 4 members (excludes halogenated alkanes) is 1. The van der Waals surface area contributed by atoms with Crippen LogP contribution in [-0.4, -0.2) is 64.6 Å². The number of hydrogen-bond acceptors (Lipinski definition) is 6. The molecule has 0 aliphatic carbocycles. The fraction of sp³-hybridized carbons (Fsp3) is 0.300. The van der Waals surface area contributed by atoms with Crippen molar-refractivity contribution in [3.8, 4) is 22.8 Å². The fourth-order valence-electron chi connectivity index (χ4n) is 4.71. The van der Waals surface area contributed by atoms with Gasteiger partial charge in [0.25, 0.3) is 0 Å². The van der Waals surface area contributed by atoms with Gasteiger partial charge < -0.3 is 14.5 Å². The lowest BCUT2D eigenvalue weighted by Gasteiger charge is -2.36. The molecule has 0 bridgehead atoms. The molecule has 1 aromatic heterocycles. The Bertz CT molecular complexity index is 1370. The van der Waals surface area contributed by atoms with Crippen molar-refractivity contribution < 1.29 is 13.9 Å². The first-order chi connectivity index (χ1) is 19.1. The van der Waals surface area contributed by atoms with Crippen LogP contribution in [0.15, 0.2) is 84.0 Å². The summed E-state index contributed by atoms with van der Waals surface area (Å²) in [5.74, 6) is 2.36. The van der Waals surface area contributed by atoms with Gasteiger partial charge in [0.2, 0.25) is 5.91 Å². The Kier molecular flexibility index (Phi) is 8.78. The van der Waals surface area contributed by atoms with Crippen molar-refractivity contribution in [2.24, 2.45) is 0 Å². The Morgan fingerprint density at radius 2 is 1.62 bits per heavy atom. The fourth-order valence-corrected chi connectivity index (χ4v) is 5.66. The molecule has 9 heteroatoms. The average molecular weight is 546 g/mol. The maximum Gasteiger partial charge on any atom is 0.222 e. The lowest BCUT2D eigenvalue weighted by atomic mass is 10.2. The van der Waals surface area contributed by atoms with E-state index in [-0.39, 0.29) is 11.7 Å². The van der Waals surface area contributed by atoms with Crippen LogP contribution >= 0.6 is 11.8 Å². The van der Waals surface area contributed by atoms with Crippen molar-refractivity contribution in [1.82, 2.24) is 19.7 Å². The number of carbonyl (C=O) groups excluding carboxylic acids is 1. The Labute approximate surface area is 232 Å². The van der Waals surface area contributed by atoms with Gasteiger partial charge >= 0.3 is 0 Å². The summed E-state index contributed by atoms with van der Waals surface area (Å²) in [4.78, 5) is 16.7. The molecular weight excluding hydrogens is 513 g/mol. The molecule has 1 aliphatic heterocycles. The van der Waals surface area contributed by atoms with Crippen molar-refractivity contribution in [2.75, 3.05) is 43.9 Å². The number of rotatable bonds is 10.